The largest absolute Gasteiger partial charge is 0.378 e. The molecule has 3 heterocycles. The first-order valence-corrected chi connectivity index (χ1v) is 12.9. The molecule has 0 amide bonds. The molecule has 0 spiro atoms. The van der Waals surface area contributed by atoms with E-state index in [-0.39, 0.29) is 6.04 Å². The van der Waals surface area contributed by atoms with Crippen LogP contribution in [0.3, 0.4) is 0 Å². The van der Waals surface area contributed by atoms with Crippen molar-refractivity contribution in [2.75, 3.05) is 18.4 Å². The molecule has 1 unspecified atom stereocenters. The van der Waals surface area contributed by atoms with E-state index in [1.807, 2.05) is 35.9 Å². The fraction of sp³-hybridized carbons (Fsp3) is 0.414. The van der Waals surface area contributed by atoms with E-state index < -0.39 is 0 Å². The van der Waals surface area contributed by atoms with Crippen LogP contribution in [0.2, 0.25) is 0 Å². The zero-order chi connectivity index (χ0) is 23.8. The Hall–Kier alpha value is -3.43. The van der Waals surface area contributed by atoms with E-state index in [1.54, 1.807) is 0 Å². The molecule has 1 saturated carbocycles. The van der Waals surface area contributed by atoms with Gasteiger partial charge in [-0.3, -0.25) is 4.90 Å². The number of rotatable bonds is 4. The van der Waals surface area contributed by atoms with E-state index in [1.165, 1.54) is 47.9 Å². The van der Waals surface area contributed by atoms with Gasteiger partial charge in [-0.2, -0.15) is 5.26 Å². The van der Waals surface area contributed by atoms with Crippen molar-refractivity contribution >= 4 is 11.3 Å². The number of nitrogens with one attached hydrogen (secondary N) is 1. The summed E-state index contributed by atoms with van der Waals surface area (Å²) in [6.45, 7) is 5.07. The zero-order valence-electron chi connectivity index (χ0n) is 20.4. The third-order valence-corrected chi connectivity index (χ3v) is 8.00. The highest BCUT2D eigenvalue weighted by atomic mass is 15.4. The Morgan fingerprint density at radius 1 is 1.06 bits per heavy atom. The van der Waals surface area contributed by atoms with Gasteiger partial charge >= 0.3 is 0 Å². The van der Waals surface area contributed by atoms with Gasteiger partial charge in [0.1, 0.15) is 0 Å². The fourth-order valence-corrected chi connectivity index (χ4v) is 6.14. The molecule has 3 aliphatic rings. The van der Waals surface area contributed by atoms with Gasteiger partial charge in [0.25, 0.3) is 0 Å². The maximum atomic E-state index is 9.35. The molecule has 1 aliphatic carbocycles. The van der Waals surface area contributed by atoms with Gasteiger partial charge in [-0.15, -0.1) is 5.10 Å². The maximum Gasteiger partial charge on any atom is 0.0992 e. The van der Waals surface area contributed by atoms with Crippen LogP contribution in [0.25, 0.3) is 16.8 Å². The van der Waals surface area contributed by atoms with Crippen LogP contribution in [0.15, 0.2) is 48.5 Å². The highest BCUT2D eigenvalue weighted by molar-refractivity contribution is 5.75. The zero-order valence-corrected chi connectivity index (χ0v) is 20.4. The molecule has 178 valence electrons. The molecule has 0 bridgehead atoms. The lowest BCUT2D eigenvalue weighted by Gasteiger charge is -2.32. The number of hydrogen-bond acceptors (Lipinski definition) is 5. The van der Waals surface area contributed by atoms with Crippen molar-refractivity contribution in [1.82, 2.24) is 19.9 Å². The van der Waals surface area contributed by atoms with Crippen molar-refractivity contribution < 1.29 is 0 Å². The second kappa shape index (κ2) is 9.31. The van der Waals surface area contributed by atoms with Crippen LogP contribution in [0, 0.1) is 18.3 Å². The highest BCUT2D eigenvalue weighted by Gasteiger charge is 2.27. The molecule has 0 radical (unpaired) electrons. The summed E-state index contributed by atoms with van der Waals surface area (Å²) in [5, 5.41) is 21.9. The Bertz CT molecular complexity index is 1310. The molecule has 6 heteroatoms. The monoisotopic (exact) mass is 464 g/mol. The van der Waals surface area contributed by atoms with E-state index in [0.717, 1.165) is 55.6 Å². The van der Waals surface area contributed by atoms with Gasteiger partial charge < -0.3 is 5.32 Å². The summed E-state index contributed by atoms with van der Waals surface area (Å²) in [6.07, 6.45) is 9.97. The smallest absolute Gasteiger partial charge is 0.0992 e. The van der Waals surface area contributed by atoms with Gasteiger partial charge in [0.05, 0.1) is 29.1 Å². The van der Waals surface area contributed by atoms with E-state index in [0.29, 0.717) is 5.56 Å². The summed E-state index contributed by atoms with van der Waals surface area (Å²) < 4.78 is 2.04. The minimum Gasteiger partial charge on any atom is -0.378 e. The number of nitriles is 1. The summed E-state index contributed by atoms with van der Waals surface area (Å²) in [7, 11) is 0. The minimum absolute atomic E-state index is 0.124. The van der Waals surface area contributed by atoms with Crippen molar-refractivity contribution in [2.45, 2.75) is 64.1 Å². The van der Waals surface area contributed by atoms with Crippen molar-refractivity contribution in [2.24, 2.45) is 0 Å². The first-order chi connectivity index (χ1) is 17.2. The van der Waals surface area contributed by atoms with E-state index in [4.69, 9.17) is 0 Å². The first kappa shape index (κ1) is 22.1. The van der Waals surface area contributed by atoms with Crippen LogP contribution in [-0.4, -0.2) is 39.0 Å². The number of hydrogen-bond donors (Lipinski definition) is 1. The summed E-state index contributed by atoms with van der Waals surface area (Å²) in [5.74, 6) is 0. The number of aryl methyl sites for hydroxylation is 2. The summed E-state index contributed by atoms with van der Waals surface area (Å²) in [6, 6.07) is 17.9. The molecule has 1 fully saturated rings. The second-order valence-electron chi connectivity index (χ2n) is 10.1. The lowest BCUT2D eigenvalue weighted by atomic mass is 9.90. The maximum absolute atomic E-state index is 9.35. The third kappa shape index (κ3) is 4.26. The van der Waals surface area contributed by atoms with Gasteiger partial charge in [0.15, 0.2) is 0 Å². The van der Waals surface area contributed by atoms with Crippen LogP contribution in [0.5, 0.6) is 0 Å². The van der Waals surface area contributed by atoms with E-state index in [9.17, 15) is 5.26 Å². The number of aromatic nitrogens is 3. The molecular formula is C29H32N6. The molecular weight excluding hydrogens is 432 g/mol. The first-order valence-electron chi connectivity index (χ1n) is 12.9. The molecule has 1 aromatic heterocycles. The molecule has 0 saturated heterocycles. The molecule has 6 rings (SSSR count). The average molecular weight is 465 g/mol. The molecule has 1 atom stereocenters. The van der Waals surface area contributed by atoms with Crippen LogP contribution in [0.4, 0.5) is 5.69 Å². The standard InChI is InChI=1S/C29H32N6/c1-20-29-26-10-9-23(22-11-14-34(15-12-22)25-7-2-3-8-25)18-27(26)28(13-16-35(29)33-32-20)31-24-6-4-5-21(17-24)19-30/h4-6,9-11,17-18,25,28,31H,2-3,7-8,12-16H2,1H3. The fourth-order valence-electron chi connectivity index (χ4n) is 6.14. The molecule has 2 aliphatic heterocycles. The Morgan fingerprint density at radius 3 is 2.74 bits per heavy atom. The van der Waals surface area contributed by atoms with E-state index >= 15 is 0 Å². The summed E-state index contributed by atoms with van der Waals surface area (Å²) >= 11 is 0. The van der Waals surface area contributed by atoms with Crippen molar-refractivity contribution in [3.63, 3.8) is 0 Å². The SMILES string of the molecule is Cc1nnn2c1-c1ccc(C3=CCN(C4CCCC4)CC3)cc1C(Nc1cccc(C#N)c1)CC2. The Labute approximate surface area is 207 Å². The average Bonchev–Trinajstić information content (AvgIpc) is 3.53. The van der Waals surface area contributed by atoms with Gasteiger partial charge in [0.2, 0.25) is 0 Å². The van der Waals surface area contributed by atoms with Crippen molar-refractivity contribution in [1.29, 1.82) is 5.26 Å². The molecule has 3 aromatic rings. The topological polar surface area (TPSA) is 69.8 Å². The Kier molecular flexibility index (Phi) is 5.87. The minimum atomic E-state index is 0.124. The number of benzene rings is 2. The molecule has 6 nitrogen and oxygen atoms in total. The summed E-state index contributed by atoms with van der Waals surface area (Å²) in [5.41, 5.74) is 9.00. The van der Waals surface area contributed by atoms with Gasteiger partial charge in [0, 0.05) is 36.9 Å². The van der Waals surface area contributed by atoms with Crippen molar-refractivity contribution in [3.8, 4) is 17.3 Å². The Morgan fingerprint density at radius 2 is 1.94 bits per heavy atom. The van der Waals surface area contributed by atoms with Crippen molar-refractivity contribution in [3.05, 3.63) is 70.9 Å². The number of fused-ring (bicyclic) bond motifs is 3. The quantitative estimate of drug-likeness (QED) is 0.535. The van der Waals surface area contributed by atoms with Crippen LogP contribution < -0.4 is 5.32 Å². The van der Waals surface area contributed by atoms with Gasteiger partial charge in [-0.1, -0.05) is 42.3 Å². The Balaban J connectivity index is 1.35. The van der Waals surface area contributed by atoms with E-state index in [2.05, 4.69) is 50.9 Å². The highest BCUT2D eigenvalue weighted by Crippen LogP contribution is 2.39. The normalized spacial score (nSPS) is 20.5. The molecule has 2 aromatic carbocycles. The summed E-state index contributed by atoms with van der Waals surface area (Å²) in [4.78, 5) is 2.68. The molecule has 1 N–H and O–H groups in total. The van der Waals surface area contributed by atoms with Crippen LogP contribution >= 0.6 is 0 Å². The van der Waals surface area contributed by atoms with Gasteiger partial charge in [-0.25, -0.2) is 4.68 Å². The molecule has 35 heavy (non-hydrogen) atoms. The van der Waals surface area contributed by atoms with Crippen LogP contribution in [-0.2, 0) is 6.54 Å². The predicted molar refractivity (Wildman–Crippen MR) is 139 cm³/mol. The van der Waals surface area contributed by atoms with Crippen LogP contribution in [0.1, 0.15) is 67.0 Å². The lowest BCUT2D eigenvalue weighted by molar-refractivity contribution is 0.219. The second-order valence-corrected chi connectivity index (χ2v) is 10.1. The van der Waals surface area contributed by atoms with Gasteiger partial charge in [-0.05, 0) is 73.6 Å². The predicted octanol–water partition coefficient (Wildman–Crippen LogP) is 5.71. The number of nitrogens with zero attached hydrogens (tertiary/aromatic N) is 5. The third-order valence-electron chi connectivity index (χ3n) is 8.00. The lowest BCUT2D eigenvalue weighted by Crippen LogP contribution is -2.36. The number of anilines is 1.